The van der Waals surface area contributed by atoms with Crippen molar-refractivity contribution in [2.24, 2.45) is 0 Å². The van der Waals surface area contributed by atoms with Gasteiger partial charge >= 0.3 is 0 Å². The quantitative estimate of drug-likeness (QED) is 0.903. The van der Waals surface area contributed by atoms with Crippen LogP contribution < -0.4 is 19.6 Å². The second-order valence-corrected chi connectivity index (χ2v) is 5.14. The second kappa shape index (κ2) is 6.64. The lowest BCUT2D eigenvalue weighted by molar-refractivity contribution is -0.116. The molecule has 0 aliphatic carbocycles. The molecule has 0 atom stereocenters. The number of fused-ring (bicyclic) bond motifs is 1. The van der Waals surface area contributed by atoms with E-state index in [0.717, 1.165) is 0 Å². The Morgan fingerprint density at radius 3 is 2.81 bits per heavy atom. The summed E-state index contributed by atoms with van der Waals surface area (Å²) in [6.07, 6.45) is 1.72. The maximum Gasteiger partial charge on any atom is 0.244 e. The summed E-state index contributed by atoms with van der Waals surface area (Å²) in [7, 11) is 0. The molecule has 6 nitrogen and oxygen atoms in total. The Hall–Kier alpha value is -1.99. The fourth-order valence-corrected chi connectivity index (χ4v) is 2.50. The number of nitrogens with one attached hydrogen (secondary N) is 2. The van der Waals surface area contributed by atoms with Crippen molar-refractivity contribution in [2.75, 3.05) is 18.5 Å². The number of carbonyl (C=O) groups is 1. The van der Waals surface area contributed by atoms with Gasteiger partial charge in [0.15, 0.2) is 16.3 Å². The third-order valence-electron chi connectivity index (χ3n) is 2.82. The Bertz CT molecular complexity index is 698. The van der Waals surface area contributed by atoms with E-state index in [-0.39, 0.29) is 24.9 Å². The van der Waals surface area contributed by atoms with E-state index in [2.05, 4.69) is 5.32 Å². The molecule has 3 rings (SSSR count). The van der Waals surface area contributed by atoms with Gasteiger partial charge in [0, 0.05) is 23.3 Å². The molecule has 0 spiro atoms. The third-order valence-corrected chi connectivity index (χ3v) is 3.54. The molecule has 2 heterocycles. The van der Waals surface area contributed by atoms with Crippen LogP contribution >= 0.6 is 23.7 Å². The maximum atomic E-state index is 11.9. The second-order valence-electron chi connectivity index (χ2n) is 4.24. The zero-order valence-electron chi connectivity index (χ0n) is 11.0. The Kier molecular flexibility index (Phi) is 4.87. The number of rotatable bonds is 3. The van der Waals surface area contributed by atoms with Crippen LogP contribution in [0.25, 0.3) is 0 Å². The summed E-state index contributed by atoms with van der Waals surface area (Å²) >= 11 is 1.28. The van der Waals surface area contributed by atoms with Gasteiger partial charge in [-0.15, -0.1) is 23.7 Å². The van der Waals surface area contributed by atoms with Gasteiger partial charge in [-0.2, -0.15) is 0 Å². The van der Waals surface area contributed by atoms with E-state index in [0.29, 0.717) is 35.2 Å². The lowest BCUT2D eigenvalue weighted by Gasteiger charge is -2.19. The maximum absolute atomic E-state index is 11.9. The molecule has 1 aromatic carbocycles. The Morgan fingerprint density at radius 2 is 2.10 bits per heavy atom. The number of carbonyl (C=O) groups excluding carboxylic acids is 1. The first-order valence-corrected chi connectivity index (χ1v) is 6.98. The molecule has 0 bridgehead atoms. The summed E-state index contributed by atoms with van der Waals surface area (Å²) in [4.78, 5) is 12.3. The summed E-state index contributed by atoms with van der Waals surface area (Å²) in [5, 5.41) is 12.2. The number of amides is 1. The molecule has 0 unspecified atom stereocenters. The number of hydrogen-bond acceptors (Lipinski definition) is 5. The molecule has 1 aromatic heterocycles. The van der Waals surface area contributed by atoms with Crippen molar-refractivity contribution in [2.45, 2.75) is 6.54 Å². The average Bonchev–Trinajstić information content (AvgIpc) is 2.84. The van der Waals surface area contributed by atoms with Crippen LogP contribution in [0.5, 0.6) is 11.5 Å². The Morgan fingerprint density at radius 1 is 1.33 bits per heavy atom. The lowest BCUT2D eigenvalue weighted by Crippen LogP contribution is -2.24. The summed E-state index contributed by atoms with van der Waals surface area (Å²) < 4.78 is 12.5. The first-order chi connectivity index (χ1) is 9.72. The topological polar surface area (TPSA) is 76.3 Å². The monoisotopic (exact) mass is 327 g/mol. The molecule has 2 aromatic rings. The summed E-state index contributed by atoms with van der Waals surface area (Å²) in [6, 6.07) is 5.29. The lowest BCUT2D eigenvalue weighted by atomic mass is 10.2. The highest BCUT2D eigenvalue weighted by Gasteiger charge is 2.13. The van der Waals surface area contributed by atoms with Gasteiger partial charge in [0.05, 0.1) is 0 Å². The molecule has 21 heavy (non-hydrogen) atoms. The Labute approximate surface area is 131 Å². The SMILES string of the molecule is Cl.N=c1sccn1CC(=O)Nc1ccc2c(c1)OCCO2. The van der Waals surface area contributed by atoms with Gasteiger partial charge in [0.2, 0.25) is 5.91 Å². The first kappa shape index (κ1) is 15.4. The van der Waals surface area contributed by atoms with Crippen LogP contribution in [0, 0.1) is 5.41 Å². The molecular weight excluding hydrogens is 314 g/mol. The minimum atomic E-state index is -0.182. The van der Waals surface area contributed by atoms with Gasteiger partial charge in [0.25, 0.3) is 0 Å². The summed E-state index contributed by atoms with van der Waals surface area (Å²) in [5.74, 6) is 1.15. The molecule has 1 aliphatic heterocycles. The largest absolute Gasteiger partial charge is 0.486 e. The van der Waals surface area contributed by atoms with E-state index >= 15 is 0 Å². The fraction of sp³-hybridized carbons (Fsp3) is 0.231. The predicted molar refractivity (Wildman–Crippen MR) is 81.5 cm³/mol. The molecule has 0 saturated carbocycles. The van der Waals surface area contributed by atoms with Crippen molar-refractivity contribution < 1.29 is 14.3 Å². The van der Waals surface area contributed by atoms with E-state index in [1.807, 2.05) is 0 Å². The molecular formula is C13H14ClN3O3S. The third kappa shape index (κ3) is 3.56. The molecule has 1 amide bonds. The normalized spacial score (nSPS) is 12.4. The molecule has 2 N–H and O–H groups in total. The van der Waals surface area contributed by atoms with E-state index in [4.69, 9.17) is 14.9 Å². The van der Waals surface area contributed by atoms with Crippen molar-refractivity contribution in [3.63, 3.8) is 0 Å². The predicted octanol–water partition coefficient (Wildman–Crippen LogP) is 1.86. The minimum absolute atomic E-state index is 0. The van der Waals surface area contributed by atoms with Crippen molar-refractivity contribution >= 4 is 35.3 Å². The zero-order valence-corrected chi connectivity index (χ0v) is 12.6. The van der Waals surface area contributed by atoms with Crippen LogP contribution in [0.4, 0.5) is 5.69 Å². The van der Waals surface area contributed by atoms with Crippen LogP contribution in [-0.2, 0) is 11.3 Å². The smallest absolute Gasteiger partial charge is 0.244 e. The van der Waals surface area contributed by atoms with Crippen LogP contribution in [-0.4, -0.2) is 23.7 Å². The average molecular weight is 328 g/mol. The van der Waals surface area contributed by atoms with Crippen LogP contribution in [0.1, 0.15) is 0 Å². The first-order valence-electron chi connectivity index (χ1n) is 6.10. The van der Waals surface area contributed by atoms with Crippen molar-refractivity contribution in [3.8, 4) is 11.5 Å². The number of halogens is 1. The molecule has 112 valence electrons. The van der Waals surface area contributed by atoms with Gasteiger partial charge < -0.3 is 19.4 Å². The van der Waals surface area contributed by atoms with Crippen molar-refractivity contribution in [1.29, 1.82) is 5.41 Å². The molecule has 8 heteroatoms. The molecule has 1 aliphatic rings. The van der Waals surface area contributed by atoms with Crippen molar-refractivity contribution in [1.82, 2.24) is 4.57 Å². The van der Waals surface area contributed by atoms with Gasteiger partial charge in [-0.3, -0.25) is 10.2 Å². The van der Waals surface area contributed by atoms with E-state index < -0.39 is 0 Å². The van der Waals surface area contributed by atoms with Crippen LogP contribution in [0.3, 0.4) is 0 Å². The number of thiazole rings is 1. The molecule has 0 radical (unpaired) electrons. The highest BCUT2D eigenvalue weighted by molar-refractivity contribution is 7.06. The van der Waals surface area contributed by atoms with Gasteiger partial charge in [-0.25, -0.2) is 0 Å². The number of nitrogens with zero attached hydrogens (tertiary/aromatic N) is 1. The molecule has 0 saturated heterocycles. The van der Waals surface area contributed by atoms with Crippen LogP contribution in [0.15, 0.2) is 29.8 Å². The Balaban J connectivity index is 0.00000161. The van der Waals surface area contributed by atoms with Gasteiger partial charge in [0.1, 0.15) is 19.8 Å². The summed E-state index contributed by atoms with van der Waals surface area (Å²) in [5.41, 5.74) is 0.654. The van der Waals surface area contributed by atoms with E-state index in [1.54, 1.807) is 34.3 Å². The number of anilines is 1. The standard InChI is InChI=1S/C13H13N3O3S.ClH/c14-13-16(3-6-20-13)8-12(17)15-9-1-2-10-11(7-9)19-5-4-18-10;/h1-3,6-7,14H,4-5,8H2,(H,15,17);1H. The van der Waals surface area contributed by atoms with Gasteiger partial charge in [-0.05, 0) is 12.1 Å². The fourth-order valence-electron chi connectivity index (χ4n) is 1.90. The number of hydrogen-bond donors (Lipinski definition) is 2. The zero-order chi connectivity index (χ0) is 13.9. The highest BCUT2D eigenvalue weighted by atomic mass is 35.5. The highest BCUT2D eigenvalue weighted by Crippen LogP contribution is 2.32. The summed E-state index contributed by atoms with van der Waals surface area (Å²) in [6.45, 7) is 1.17. The number of benzene rings is 1. The number of ether oxygens (including phenoxy) is 2. The van der Waals surface area contributed by atoms with Crippen molar-refractivity contribution in [3.05, 3.63) is 34.6 Å². The van der Waals surface area contributed by atoms with E-state index in [9.17, 15) is 4.79 Å². The molecule has 0 fully saturated rings. The van der Waals surface area contributed by atoms with Crippen LogP contribution in [0.2, 0.25) is 0 Å². The van der Waals surface area contributed by atoms with Gasteiger partial charge in [-0.1, -0.05) is 0 Å². The minimum Gasteiger partial charge on any atom is -0.486 e. The number of aromatic nitrogens is 1. The van der Waals surface area contributed by atoms with E-state index in [1.165, 1.54) is 11.3 Å².